The molecule has 5 nitrogen and oxygen atoms in total. The van der Waals surface area contributed by atoms with Crippen LogP contribution >= 0.6 is 0 Å². The monoisotopic (exact) mass is 292 g/mol. The molecule has 21 heavy (non-hydrogen) atoms. The van der Waals surface area contributed by atoms with Crippen LogP contribution in [0.2, 0.25) is 0 Å². The van der Waals surface area contributed by atoms with E-state index in [4.69, 9.17) is 5.11 Å². The Kier molecular flexibility index (Phi) is 6.88. The van der Waals surface area contributed by atoms with Gasteiger partial charge in [-0.2, -0.15) is 0 Å². The quantitative estimate of drug-likeness (QED) is 0.681. The lowest BCUT2D eigenvalue weighted by molar-refractivity contribution is -0.140. The molecule has 0 aromatic heterocycles. The van der Waals surface area contributed by atoms with Crippen molar-refractivity contribution in [2.45, 2.75) is 39.8 Å². The van der Waals surface area contributed by atoms with Gasteiger partial charge in [-0.3, -0.25) is 14.9 Å². The van der Waals surface area contributed by atoms with Crippen LogP contribution in [0.3, 0.4) is 0 Å². The number of hydrogen-bond acceptors (Lipinski definition) is 3. The molecule has 3 N–H and O–H groups in total. The fourth-order valence-corrected chi connectivity index (χ4v) is 2.03. The van der Waals surface area contributed by atoms with Crippen molar-refractivity contribution < 1.29 is 14.7 Å². The van der Waals surface area contributed by atoms with E-state index in [1.807, 2.05) is 45.0 Å². The first-order valence-electron chi connectivity index (χ1n) is 7.23. The summed E-state index contributed by atoms with van der Waals surface area (Å²) >= 11 is 0. The molecular weight excluding hydrogens is 268 g/mol. The average molecular weight is 292 g/mol. The van der Waals surface area contributed by atoms with Crippen LogP contribution in [-0.4, -0.2) is 29.6 Å². The summed E-state index contributed by atoms with van der Waals surface area (Å²) in [6, 6.07) is 7.13. The molecule has 2 atom stereocenters. The number of carboxylic acids is 1. The Hall–Kier alpha value is -1.88. The lowest BCUT2D eigenvalue weighted by Crippen LogP contribution is -2.46. The fraction of sp³-hybridized carbons (Fsp3) is 0.500. The number of rotatable bonds is 8. The Morgan fingerprint density at radius 2 is 1.95 bits per heavy atom. The van der Waals surface area contributed by atoms with Gasteiger partial charge < -0.3 is 10.4 Å². The highest BCUT2D eigenvalue weighted by Gasteiger charge is 2.23. The third kappa shape index (κ3) is 5.55. The molecule has 116 valence electrons. The molecule has 5 heteroatoms. The summed E-state index contributed by atoms with van der Waals surface area (Å²) in [5.74, 6) is -1.14. The van der Waals surface area contributed by atoms with Crippen LogP contribution in [0.15, 0.2) is 24.3 Å². The fourth-order valence-electron chi connectivity index (χ4n) is 2.03. The average Bonchev–Trinajstić information content (AvgIpc) is 2.45. The largest absolute Gasteiger partial charge is 0.480 e. The van der Waals surface area contributed by atoms with Gasteiger partial charge in [-0.15, -0.1) is 0 Å². The molecule has 0 saturated heterocycles. The van der Waals surface area contributed by atoms with E-state index in [0.29, 0.717) is 6.54 Å². The second-order valence-corrected chi connectivity index (χ2v) is 5.29. The molecule has 1 rings (SSSR count). The molecule has 1 amide bonds. The Labute approximate surface area is 125 Å². The van der Waals surface area contributed by atoms with E-state index in [-0.39, 0.29) is 18.4 Å². The highest BCUT2D eigenvalue weighted by Crippen LogP contribution is 2.08. The Morgan fingerprint density at radius 1 is 1.29 bits per heavy atom. The van der Waals surface area contributed by atoms with E-state index in [2.05, 4.69) is 10.6 Å². The highest BCUT2D eigenvalue weighted by molar-refractivity contribution is 5.80. The Balaban J connectivity index is 2.43. The number of hydrogen-bond donors (Lipinski definition) is 3. The minimum absolute atomic E-state index is 0.00713. The van der Waals surface area contributed by atoms with Crippen LogP contribution in [0.25, 0.3) is 0 Å². The minimum Gasteiger partial charge on any atom is -0.480 e. The van der Waals surface area contributed by atoms with Gasteiger partial charge in [0.05, 0.1) is 6.54 Å². The molecule has 0 heterocycles. The predicted octanol–water partition coefficient (Wildman–Crippen LogP) is 1.70. The van der Waals surface area contributed by atoms with Crippen LogP contribution in [0.5, 0.6) is 0 Å². The van der Waals surface area contributed by atoms with Crippen molar-refractivity contribution >= 4 is 11.9 Å². The smallest absolute Gasteiger partial charge is 0.320 e. The van der Waals surface area contributed by atoms with Gasteiger partial charge in [-0.25, -0.2) is 0 Å². The van der Waals surface area contributed by atoms with E-state index in [1.54, 1.807) is 0 Å². The van der Waals surface area contributed by atoms with Gasteiger partial charge in [-0.1, -0.05) is 44.5 Å². The molecule has 0 saturated carbocycles. The van der Waals surface area contributed by atoms with Crippen LogP contribution in [0.1, 0.15) is 31.4 Å². The van der Waals surface area contributed by atoms with Gasteiger partial charge >= 0.3 is 5.97 Å². The molecule has 0 radical (unpaired) electrons. The first-order chi connectivity index (χ1) is 9.95. The maximum atomic E-state index is 11.8. The predicted molar refractivity (Wildman–Crippen MR) is 81.9 cm³/mol. The van der Waals surface area contributed by atoms with Crippen LogP contribution in [0.4, 0.5) is 0 Å². The molecule has 0 aliphatic rings. The molecule has 0 aliphatic heterocycles. The molecule has 0 spiro atoms. The van der Waals surface area contributed by atoms with Gasteiger partial charge in [0.15, 0.2) is 0 Å². The lowest BCUT2D eigenvalue weighted by Gasteiger charge is -2.19. The molecule has 0 unspecified atom stereocenters. The number of amides is 1. The topological polar surface area (TPSA) is 78.4 Å². The molecule has 0 fully saturated rings. The first-order valence-corrected chi connectivity index (χ1v) is 7.23. The van der Waals surface area contributed by atoms with Crippen molar-refractivity contribution in [3.05, 3.63) is 35.4 Å². The summed E-state index contributed by atoms with van der Waals surface area (Å²) in [6.45, 7) is 6.24. The standard InChI is InChI=1S/C16H24N2O3/c1-4-11(2)15(16(20)21)18-10-14(19)17-9-13-8-6-5-7-12(13)3/h5-8,11,15,18H,4,9-10H2,1-3H3,(H,17,19)(H,20,21)/t11-,15-/m0/s1. The van der Waals surface area contributed by atoms with E-state index in [0.717, 1.165) is 17.5 Å². The number of carbonyl (C=O) groups is 2. The number of benzene rings is 1. The van der Waals surface area contributed by atoms with Gasteiger partial charge in [-0.05, 0) is 24.0 Å². The van der Waals surface area contributed by atoms with Crippen molar-refractivity contribution in [3.63, 3.8) is 0 Å². The summed E-state index contributed by atoms with van der Waals surface area (Å²) in [6.07, 6.45) is 0.745. The van der Waals surface area contributed by atoms with Crippen molar-refractivity contribution in [1.82, 2.24) is 10.6 Å². The first kappa shape index (κ1) is 17.2. The third-order valence-corrected chi connectivity index (χ3v) is 3.70. The summed E-state index contributed by atoms with van der Waals surface area (Å²) < 4.78 is 0. The Bertz CT molecular complexity index is 488. The van der Waals surface area contributed by atoms with Gasteiger partial charge in [0.25, 0.3) is 0 Å². The normalized spacial score (nSPS) is 13.5. The molecular formula is C16H24N2O3. The van der Waals surface area contributed by atoms with Gasteiger partial charge in [0, 0.05) is 6.54 Å². The molecule has 1 aromatic carbocycles. The number of aryl methyl sites for hydroxylation is 1. The number of carbonyl (C=O) groups excluding carboxylic acids is 1. The van der Waals surface area contributed by atoms with E-state index >= 15 is 0 Å². The Morgan fingerprint density at radius 3 is 2.52 bits per heavy atom. The number of nitrogens with one attached hydrogen (secondary N) is 2. The number of carboxylic acid groups (broad SMARTS) is 1. The van der Waals surface area contributed by atoms with E-state index in [9.17, 15) is 9.59 Å². The van der Waals surface area contributed by atoms with Crippen LogP contribution < -0.4 is 10.6 Å². The maximum absolute atomic E-state index is 11.8. The maximum Gasteiger partial charge on any atom is 0.320 e. The summed E-state index contributed by atoms with van der Waals surface area (Å²) in [5, 5.41) is 14.7. The zero-order valence-electron chi connectivity index (χ0n) is 12.8. The second-order valence-electron chi connectivity index (χ2n) is 5.29. The summed E-state index contributed by atoms with van der Waals surface area (Å²) in [5.41, 5.74) is 2.18. The molecule has 1 aromatic rings. The minimum atomic E-state index is -0.920. The summed E-state index contributed by atoms with van der Waals surface area (Å²) in [4.78, 5) is 22.9. The van der Waals surface area contributed by atoms with Gasteiger partial charge in [0.2, 0.25) is 5.91 Å². The zero-order valence-corrected chi connectivity index (χ0v) is 12.8. The molecule has 0 bridgehead atoms. The summed E-state index contributed by atoms with van der Waals surface area (Å²) in [7, 11) is 0. The highest BCUT2D eigenvalue weighted by atomic mass is 16.4. The lowest BCUT2D eigenvalue weighted by atomic mass is 9.99. The van der Waals surface area contributed by atoms with Crippen molar-refractivity contribution in [2.24, 2.45) is 5.92 Å². The zero-order chi connectivity index (χ0) is 15.8. The van der Waals surface area contributed by atoms with E-state index in [1.165, 1.54) is 0 Å². The van der Waals surface area contributed by atoms with Crippen molar-refractivity contribution in [2.75, 3.05) is 6.54 Å². The van der Waals surface area contributed by atoms with Crippen LogP contribution in [-0.2, 0) is 16.1 Å². The SMILES string of the molecule is CC[C@H](C)[C@H](NCC(=O)NCc1ccccc1C)C(=O)O. The van der Waals surface area contributed by atoms with Gasteiger partial charge in [0.1, 0.15) is 6.04 Å². The number of aliphatic carboxylic acids is 1. The van der Waals surface area contributed by atoms with Crippen molar-refractivity contribution in [1.29, 1.82) is 0 Å². The third-order valence-electron chi connectivity index (χ3n) is 3.70. The second kappa shape index (κ2) is 8.42. The van der Waals surface area contributed by atoms with E-state index < -0.39 is 12.0 Å². The van der Waals surface area contributed by atoms with Crippen LogP contribution in [0, 0.1) is 12.8 Å². The van der Waals surface area contributed by atoms with Crippen molar-refractivity contribution in [3.8, 4) is 0 Å². The molecule has 0 aliphatic carbocycles.